The third-order valence-electron chi connectivity index (χ3n) is 7.39. The first kappa shape index (κ1) is 36.9. The van der Waals surface area contributed by atoms with Crippen molar-refractivity contribution in [3.63, 3.8) is 0 Å². The van der Waals surface area contributed by atoms with Gasteiger partial charge < -0.3 is 20.2 Å². The number of carbonyl (C=O) groups excluding carboxylic acids is 2. The van der Waals surface area contributed by atoms with Crippen LogP contribution in [0.3, 0.4) is 0 Å². The van der Waals surface area contributed by atoms with Crippen molar-refractivity contribution in [1.82, 2.24) is 16.1 Å². The van der Waals surface area contributed by atoms with Gasteiger partial charge in [-0.25, -0.2) is 10.3 Å². The lowest BCUT2D eigenvalue weighted by Crippen LogP contribution is -2.50. The maximum absolute atomic E-state index is 12.6. The normalized spacial score (nSPS) is 11.9. The van der Waals surface area contributed by atoms with Crippen LogP contribution in [0.15, 0.2) is 30.3 Å². The average molecular weight is 576 g/mol. The van der Waals surface area contributed by atoms with Crippen molar-refractivity contribution < 1.29 is 19.2 Å². The molecule has 0 aliphatic rings. The van der Waals surface area contributed by atoms with Crippen LogP contribution in [0.4, 0.5) is 4.79 Å². The van der Waals surface area contributed by atoms with Crippen molar-refractivity contribution in [2.75, 3.05) is 19.7 Å². The van der Waals surface area contributed by atoms with Crippen LogP contribution in [0, 0.1) is 5.92 Å². The van der Waals surface area contributed by atoms with Gasteiger partial charge in [0, 0.05) is 13.1 Å². The fourth-order valence-corrected chi connectivity index (χ4v) is 4.78. The SMILES string of the molecule is CCCCCCCCCCCCCCCCCCNOCCCNC(=O)C(NC(=O)OCc1ccccc1)C(C)C. The Morgan fingerprint density at radius 1 is 0.707 bits per heavy atom. The minimum absolute atomic E-state index is 0.0584. The largest absolute Gasteiger partial charge is 0.445 e. The maximum atomic E-state index is 12.6. The Bertz CT molecular complexity index is 745. The summed E-state index contributed by atoms with van der Waals surface area (Å²) in [7, 11) is 0. The number of hydrogen-bond donors (Lipinski definition) is 3. The van der Waals surface area contributed by atoms with Gasteiger partial charge in [-0.3, -0.25) is 4.79 Å². The zero-order valence-corrected chi connectivity index (χ0v) is 26.5. The van der Waals surface area contributed by atoms with Gasteiger partial charge >= 0.3 is 6.09 Å². The number of nitrogens with one attached hydrogen (secondary N) is 3. The smallest absolute Gasteiger partial charge is 0.408 e. The molecule has 1 unspecified atom stereocenters. The number of amides is 2. The van der Waals surface area contributed by atoms with Crippen LogP contribution in [0.2, 0.25) is 0 Å². The second kappa shape index (κ2) is 26.8. The van der Waals surface area contributed by atoms with Crippen molar-refractivity contribution in [1.29, 1.82) is 0 Å². The molecular formula is C34H61N3O4. The van der Waals surface area contributed by atoms with Crippen LogP contribution in [0.1, 0.15) is 135 Å². The molecule has 0 spiro atoms. The zero-order valence-electron chi connectivity index (χ0n) is 26.5. The number of rotatable bonds is 27. The molecule has 0 fully saturated rings. The summed E-state index contributed by atoms with van der Waals surface area (Å²) in [5.74, 6) is -0.269. The van der Waals surface area contributed by atoms with Gasteiger partial charge in [-0.15, -0.1) is 0 Å². The fourth-order valence-electron chi connectivity index (χ4n) is 4.78. The molecule has 1 aromatic rings. The molecule has 0 aliphatic heterocycles. The molecule has 3 N–H and O–H groups in total. The number of ether oxygens (including phenoxy) is 1. The molecule has 41 heavy (non-hydrogen) atoms. The first-order valence-electron chi connectivity index (χ1n) is 16.6. The topological polar surface area (TPSA) is 88.7 Å². The molecule has 2 amide bonds. The Kier molecular flexibility index (Phi) is 24.1. The molecule has 0 heterocycles. The van der Waals surface area contributed by atoms with E-state index in [2.05, 4.69) is 23.0 Å². The third kappa shape index (κ3) is 22.2. The Morgan fingerprint density at radius 3 is 1.78 bits per heavy atom. The quantitative estimate of drug-likeness (QED) is 0.0726. The minimum atomic E-state index is -0.646. The number of hydroxylamine groups is 1. The van der Waals surface area contributed by atoms with Gasteiger partial charge in [0.1, 0.15) is 12.6 Å². The van der Waals surface area contributed by atoms with E-state index in [1.165, 1.54) is 96.3 Å². The Morgan fingerprint density at radius 2 is 1.24 bits per heavy atom. The van der Waals surface area contributed by atoms with Crippen molar-refractivity contribution in [2.24, 2.45) is 5.92 Å². The van der Waals surface area contributed by atoms with Crippen molar-refractivity contribution in [2.45, 2.75) is 143 Å². The molecule has 0 radical (unpaired) electrons. The van der Waals surface area contributed by atoms with Gasteiger partial charge in [0.05, 0.1) is 6.61 Å². The molecule has 0 saturated carbocycles. The molecule has 0 bridgehead atoms. The highest BCUT2D eigenvalue weighted by Gasteiger charge is 2.24. The number of carbonyl (C=O) groups is 2. The average Bonchev–Trinajstić information content (AvgIpc) is 2.97. The van der Waals surface area contributed by atoms with Crippen molar-refractivity contribution in [3.05, 3.63) is 35.9 Å². The van der Waals surface area contributed by atoms with E-state index < -0.39 is 12.1 Å². The van der Waals surface area contributed by atoms with Crippen molar-refractivity contribution >= 4 is 12.0 Å². The van der Waals surface area contributed by atoms with Crippen LogP contribution >= 0.6 is 0 Å². The van der Waals surface area contributed by atoms with E-state index in [0.29, 0.717) is 19.6 Å². The van der Waals surface area contributed by atoms with E-state index >= 15 is 0 Å². The number of alkyl carbamates (subject to hydrolysis) is 1. The molecule has 236 valence electrons. The van der Waals surface area contributed by atoms with E-state index in [4.69, 9.17) is 9.57 Å². The van der Waals surface area contributed by atoms with Gasteiger partial charge in [0.2, 0.25) is 5.91 Å². The fraction of sp³-hybridized carbons (Fsp3) is 0.765. The summed E-state index contributed by atoms with van der Waals surface area (Å²) < 4.78 is 5.25. The molecule has 7 nitrogen and oxygen atoms in total. The van der Waals surface area contributed by atoms with E-state index in [9.17, 15) is 9.59 Å². The van der Waals surface area contributed by atoms with Gasteiger partial charge in [0.15, 0.2) is 0 Å². The summed E-state index contributed by atoms with van der Waals surface area (Å²) in [5.41, 5.74) is 3.93. The van der Waals surface area contributed by atoms with E-state index in [-0.39, 0.29) is 18.4 Å². The van der Waals surface area contributed by atoms with Crippen LogP contribution in [0.25, 0.3) is 0 Å². The second-order valence-electron chi connectivity index (χ2n) is 11.6. The third-order valence-corrected chi connectivity index (χ3v) is 7.39. The summed E-state index contributed by atoms with van der Waals surface area (Å²) in [6, 6.07) is 8.82. The predicted molar refractivity (Wildman–Crippen MR) is 170 cm³/mol. The molecule has 1 atom stereocenters. The van der Waals surface area contributed by atoms with Crippen LogP contribution in [0.5, 0.6) is 0 Å². The standard InChI is InChI=1S/C34H61N3O4/c1-4-5-6-7-8-9-10-11-12-13-14-15-16-17-18-22-27-36-41-28-23-26-35-33(38)32(30(2)3)37-34(39)40-29-31-24-20-19-21-25-31/h19-21,24-25,30,32,36H,4-18,22-23,26-29H2,1-3H3,(H,35,38)(H,37,39). The van der Waals surface area contributed by atoms with Gasteiger partial charge in [0.25, 0.3) is 0 Å². The lowest BCUT2D eigenvalue weighted by atomic mass is 10.0. The molecular weight excluding hydrogens is 514 g/mol. The summed E-state index contributed by atoms with van der Waals surface area (Å²) >= 11 is 0. The summed E-state index contributed by atoms with van der Waals surface area (Å²) in [6.07, 6.45) is 22.0. The van der Waals surface area contributed by atoms with Gasteiger partial charge in [-0.1, -0.05) is 147 Å². The summed E-state index contributed by atoms with van der Waals surface area (Å²) in [6.45, 7) is 8.11. The lowest BCUT2D eigenvalue weighted by Gasteiger charge is -2.21. The van der Waals surface area contributed by atoms with E-state index in [0.717, 1.165) is 18.5 Å². The van der Waals surface area contributed by atoms with Gasteiger partial charge in [-0.2, -0.15) is 0 Å². The first-order chi connectivity index (χ1) is 20.0. The predicted octanol–water partition coefficient (Wildman–Crippen LogP) is 8.23. The molecule has 0 aliphatic carbocycles. The van der Waals surface area contributed by atoms with E-state index in [1.54, 1.807) is 0 Å². The number of unbranched alkanes of at least 4 members (excludes halogenated alkanes) is 15. The zero-order chi connectivity index (χ0) is 29.8. The highest BCUT2D eigenvalue weighted by molar-refractivity contribution is 5.85. The highest BCUT2D eigenvalue weighted by Crippen LogP contribution is 2.13. The number of hydrogen-bond acceptors (Lipinski definition) is 5. The van der Waals surface area contributed by atoms with Crippen LogP contribution in [-0.4, -0.2) is 37.7 Å². The highest BCUT2D eigenvalue weighted by atomic mass is 16.6. The Balaban J connectivity index is 1.89. The van der Waals surface area contributed by atoms with E-state index in [1.807, 2.05) is 44.2 Å². The molecule has 0 aromatic heterocycles. The molecule has 0 saturated heterocycles. The lowest BCUT2D eigenvalue weighted by molar-refractivity contribution is -0.124. The van der Waals surface area contributed by atoms with Crippen molar-refractivity contribution in [3.8, 4) is 0 Å². The Hall–Kier alpha value is -2.12. The van der Waals surface area contributed by atoms with Gasteiger partial charge in [-0.05, 0) is 24.3 Å². The summed E-state index contributed by atoms with van der Waals surface area (Å²) in [4.78, 5) is 30.2. The second-order valence-corrected chi connectivity index (χ2v) is 11.6. The Labute approximate surface area is 251 Å². The maximum Gasteiger partial charge on any atom is 0.408 e. The number of benzene rings is 1. The van der Waals surface area contributed by atoms with Crippen LogP contribution in [-0.2, 0) is 21.0 Å². The minimum Gasteiger partial charge on any atom is -0.445 e. The summed E-state index contributed by atoms with van der Waals surface area (Å²) in [5, 5.41) is 5.57. The van der Waals surface area contributed by atoms with Crippen LogP contribution < -0.4 is 16.1 Å². The monoisotopic (exact) mass is 575 g/mol. The first-order valence-corrected chi connectivity index (χ1v) is 16.6. The molecule has 1 rings (SSSR count). The molecule has 1 aromatic carbocycles. The molecule has 7 heteroatoms.